The zero-order chi connectivity index (χ0) is 11.1. The van der Waals surface area contributed by atoms with Crippen molar-refractivity contribution in [2.75, 3.05) is 0 Å². The fourth-order valence-corrected chi connectivity index (χ4v) is 1.43. The van der Waals surface area contributed by atoms with Crippen LogP contribution in [-0.2, 0) is 0 Å². The van der Waals surface area contributed by atoms with Gasteiger partial charge in [-0.15, -0.1) is 0 Å². The lowest BCUT2D eigenvalue weighted by atomic mass is 10.0. The first-order chi connectivity index (χ1) is 7.25. The van der Waals surface area contributed by atoms with Gasteiger partial charge < -0.3 is 0 Å². The maximum absolute atomic E-state index is 2.16. The molecule has 15 heavy (non-hydrogen) atoms. The van der Waals surface area contributed by atoms with Crippen LogP contribution in [0.2, 0.25) is 0 Å². The predicted molar refractivity (Wildman–Crippen MR) is 68.7 cm³/mol. The van der Waals surface area contributed by atoms with Crippen molar-refractivity contribution >= 4 is 5.57 Å². The molecule has 78 valence electrons. The average Bonchev–Trinajstić information content (AvgIpc) is 2.25. The van der Waals surface area contributed by atoms with Crippen molar-refractivity contribution in [3.8, 4) is 0 Å². The summed E-state index contributed by atoms with van der Waals surface area (Å²) in [7, 11) is 0. The van der Waals surface area contributed by atoms with E-state index in [1.165, 1.54) is 16.7 Å². The summed E-state index contributed by atoms with van der Waals surface area (Å²) >= 11 is 0. The van der Waals surface area contributed by atoms with E-state index in [2.05, 4.69) is 50.3 Å². The summed E-state index contributed by atoms with van der Waals surface area (Å²) in [6.07, 6.45) is 8.32. The van der Waals surface area contributed by atoms with Gasteiger partial charge in [0, 0.05) is 0 Å². The SMILES string of the molecule is C/C=C\C=C/C(=C(C)C)c1ccccc1. The first-order valence-corrected chi connectivity index (χ1v) is 5.28. The molecule has 0 unspecified atom stereocenters. The van der Waals surface area contributed by atoms with Gasteiger partial charge in [0.15, 0.2) is 0 Å². The Balaban J connectivity index is 3.01. The van der Waals surface area contributed by atoms with E-state index in [9.17, 15) is 0 Å². The maximum Gasteiger partial charge on any atom is -0.0185 e. The minimum Gasteiger partial charge on any atom is -0.0877 e. The van der Waals surface area contributed by atoms with Gasteiger partial charge in [-0.3, -0.25) is 0 Å². The van der Waals surface area contributed by atoms with Crippen molar-refractivity contribution in [3.05, 3.63) is 65.8 Å². The molecule has 1 rings (SSSR count). The highest BCUT2D eigenvalue weighted by Gasteiger charge is 1.97. The smallest absolute Gasteiger partial charge is 0.0185 e. The van der Waals surface area contributed by atoms with E-state index in [-0.39, 0.29) is 0 Å². The molecule has 0 aromatic heterocycles. The molecule has 0 fully saturated rings. The van der Waals surface area contributed by atoms with Crippen molar-refractivity contribution in [1.82, 2.24) is 0 Å². The number of allylic oxidation sites excluding steroid dienone is 6. The Morgan fingerprint density at radius 2 is 1.67 bits per heavy atom. The van der Waals surface area contributed by atoms with Crippen molar-refractivity contribution in [3.63, 3.8) is 0 Å². The third-order valence-electron chi connectivity index (χ3n) is 2.19. The van der Waals surface area contributed by atoms with Crippen molar-refractivity contribution in [2.45, 2.75) is 20.8 Å². The highest BCUT2D eigenvalue weighted by Crippen LogP contribution is 2.19. The van der Waals surface area contributed by atoms with Gasteiger partial charge in [-0.25, -0.2) is 0 Å². The molecular formula is C15H18. The zero-order valence-corrected chi connectivity index (χ0v) is 9.70. The molecule has 0 amide bonds. The molecule has 1 aromatic rings. The molecule has 0 nitrogen and oxygen atoms in total. The molecule has 1 aromatic carbocycles. The van der Waals surface area contributed by atoms with Gasteiger partial charge in [0.1, 0.15) is 0 Å². The van der Waals surface area contributed by atoms with E-state index in [1.54, 1.807) is 0 Å². The summed E-state index contributed by atoms with van der Waals surface area (Å²) in [5.74, 6) is 0. The summed E-state index contributed by atoms with van der Waals surface area (Å²) < 4.78 is 0. The fourth-order valence-electron chi connectivity index (χ4n) is 1.43. The van der Waals surface area contributed by atoms with Crippen LogP contribution in [0.1, 0.15) is 26.3 Å². The molecule has 0 heteroatoms. The third kappa shape index (κ3) is 3.59. The third-order valence-corrected chi connectivity index (χ3v) is 2.19. The lowest BCUT2D eigenvalue weighted by Crippen LogP contribution is -1.82. The Hall–Kier alpha value is -1.56. The van der Waals surface area contributed by atoms with Crippen LogP contribution in [0.4, 0.5) is 0 Å². The standard InChI is InChI=1S/C15H18/c1-4-5-7-12-15(13(2)3)14-10-8-6-9-11-14/h4-12H,1-3H3/b5-4-,12-7-. The molecule has 0 aliphatic heterocycles. The minimum atomic E-state index is 1.28. The maximum atomic E-state index is 2.16. The number of benzene rings is 1. The summed E-state index contributed by atoms with van der Waals surface area (Å²) in [6, 6.07) is 10.5. The molecule has 0 saturated carbocycles. The second-order valence-electron chi connectivity index (χ2n) is 3.66. The lowest BCUT2D eigenvalue weighted by molar-refractivity contribution is 1.39. The highest BCUT2D eigenvalue weighted by molar-refractivity contribution is 5.76. The van der Waals surface area contributed by atoms with E-state index < -0.39 is 0 Å². The zero-order valence-electron chi connectivity index (χ0n) is 9.70. The van der Waals surface area contributed by atoms with E-state index in [1.807, 2.05) is 25.1 Å². The fraction of sp³-hybridized carbons (Fsp3) is 0.200. The van der Waals surface area contributed by atoms with Gasteiger partial charge >= 0.3 is 0 Å². The van der Waals surface area contributed by atoms with Gasteiger partial charge in [-0.1, -0.05) is 60.2 Å². The van der Waals surface area contributed by atoms with Gasteiger partial charge in [0.25, 0.3) is 0 Å². The average molecular weight is 198 g/mol. The first kappa shape index (κ1) is 11.5. The second kappa shape index (κ2) is 6.02. The van der Waals surface area contributed by atoms with E-state index >= 15 is 0 Å². The second-order valence-corrected chi connectivity index (χ2v) is 3.66. The van der Waals surface area contributed by atoms with Gasteiger partial charge in [-0.2, -0.15) is 0 Å². The Morgan fingerprint density at radius 3 is 2.20 bits per heavy atom. The number of rotatable bonds is 3. The highest BCUT2D eigenvalue weighted by atomic mass is 14.0. The quantitative estimate of drug-likeness (QED) is 0.622. The normalized spacial score (nSPS) is 11.1. The number of hydrogen-bond acceptors (Lipinski definition) is 0. The van der Waals surface area contributed by atoms with Crippen LogP contribution in [-0.4, -0.2) is 0 Å². The van der Waals surface area contributed by atoms with Crippen LogP contribution in [0, 0.1) is 0 Å². The van der Waals surface area contributed by atoms with E-state index in [0.29, 0.717) is 0 Å². The van der Waals surface area contributed by atoms with Crippen molar-refractivity contribution in [1.29, 1.82) is 0 Å². The van der Waals surface area contributed by atoms with Gasteiger partial charge in [0.2, 0.25) is 0 Å². The lowest BCUT2D eigenvalue weighted by Gasteiger charge is -2.04. The Bertz CT molecular complexity index is 374. The van der Waals surface area contributed by atoms with Crippen molar-refractivity contribution in [2.24, 2.45) is 0 Å². The Morgan fingerprint density at radius 1 is 1.00 bits per heavy atom. The van der Waals surface area contributed by atoms with Crippen LogP contribution in [0.15, 0.2) is 60.2 Å². The summed E-state index contributed by atoms with van der Waals surface area (Å²) in [5, 5.41) is 0. The molecule has 0 bridgehead atoms. The monoisotopic (exact) mass is 198 g/mol. The summed E-state index contributed by atoms with van der Waals surface area (Å²) in [5.41, 5.74) is 3.91. The Kier molecular flexibility index (Phi) is 4.62. The van der Waals surface area contributed by atoms with Gasteiger partial charge in [0.05, 0.1) is 0 Å². The largest absolute Gasteiger partial charge is 0.0877 e. The Labute approximate surface area is 92.6 Å². The molecule has 0 N–H and O–H groups in total. The molecule has 0 heterocycles. The molecule has 0 radical (unpaired) electrons. The van der Waals surface area contributed by atoms with Crippen LogP contribution in [0.25, 0.3) is 5.57 Å². The molecule has 0 spiro atoms. The van der Waals surface area contributed by atoms with Crippen LogP contribution in [0.5, 0.6) is 0 Å². The molecule has 0 atom stereocenters. The molecule has 0 aliphatic rings. The van der Waals surface area contributed by atoms with E-state index in [4.69, 9.17) is 0 Å². The number of hydrogen-bond donors (Lipinski definition) is 0. The van der Waals surface area contributed by atoms with Crippen molar-refractivity contribution < 1.29 is 0 Å². The van der Waals surface area contributed by atoms with E-state index in [0.717, 1.165) is 0 Å². The minimum absolute atomic E-state index is 1.28. The molecular weight excluding hydrogens is 180 g/mol. The topological polar surface area (TPSA) is 0 Å². The van der Waals surface area contributed by atoms with Crippen LogP contribution < -0.4 is 0 Å². The summed E-state index contributed by atoms with van der Waals surface area (Å²) in [6.45, 7) is 6.31. The summed E-state index contributed by atoms with van der Waals surface area (Å²) in [4.78, 5) is 0. The first-order valence-electron chi connectivity index (χ1n) is 5.28. The predicted octanol–water partition coefficient (Wildman–Crippen LogP) is 4.61. The van der Waals surface area contributed by atoms with Crippen LogP contribution >= 0.6 is 0 Å². The van der Waals surface area contributed by atoms with Gasteiger partial charge in [-0.05, 0) is 31.9 Å². The molecule has 0 saturated heterocycles. The molecule has 0 aliphatic carbocycles. The van der Waals surface area contributed by atoms with Crippen LogP contribution in [0.3, 0.4) is 0 Å².